The van der Waals surface area contributed by atoms with Crippen molar-refractivity contribution in [2.45, 2.75) is 44.9 Å². The monoisotopic (exact) mass is 451 g/mol. The van der Waals surface area contributed by atoms with Crippen LogP contribution >= 0.6 is 0 Å². The maximum Gasteiger partial charge on any atom is 0.222 e. The number of aromatic amines is 1. The maximum atomic E-state index is 14.7. The predicted molar refractivity (Wildman–Crippen MR) is 119 cm³/mol. The highest BCUT2D eigenvalue weighted by atomic mass is 19.1. The number of amides is 1. The van der Waals surface area contributed by atoms with Crippen molar-refractivity contribution in [1.29, 1.82) is 0 Å². The molecule has 0 radical (unpaired) electrons. The van der Waals surface area contributed by atoms with E-state index in [1.807, 2.05) is 4.90 Å². The second-order valence-electron chi connectivity index (χ2n) is 9.99. The molecular weight excluding hydrogens is 424 g/mol. The molecule has 2 bridgehead atoms. The first-order valence-corrected chi connectivity index (χ1v) is 12.0. The summed E-state index contributed by atoms with van der Waals surface area (Å²) in [5, 5.41) is 0.577. The van der Waals surface area contributed by atoms with Crippen LogP contribution in [-0.2, 0) is 11.2 Å². The summed E-state index contributed by atoms with van der Waals surface area (Å²) >= 11 is 0. The van der Waals surface area contributed by atoms with Gasteiger partial charge in [-0.05, 0) is 68.3 Å². The molecule has 1 amide bonds. The number of carbonyl (C=O) groups excluding carboxylic acids is 1. The molecule has 1 N–H and O–H groups in total. The van der Waals surface area contributed by atoms with Crippen molar-refractivity contribution < 1.29 is 13.6 Å². The summed E-state index contributed by atoms with van der Waals surface area (Å²) in [6, 6.07) is 1.39. The molecule has 2 aliphatic carbocycles. The van der Waals surface area contributed by atoms with Crippen LogP contribution in [0.25, 0.3) is 22.4 Å². The molecule has 6 rings (SSSR count). The topological polar surface area (TPSA) is 74.8 Å². The van der Waals surface area contributed by atoms with Crippen molar-refractivity contribution in [1.82, 2.24) is 24.8 Å². The van der Waals surface area contributed by atoms with E-state index in [2.05, 4.69) is 19.9 Å². The molecule has 0 aromatic carbocycles. The van der Waals surface area contributed by atoms with Gasteiger partial charge in [-0.2, -0.15) is 0 Å². The van der Waals surface area contributed by atoms with Gasteiger partial charge in [-0.25, -0.2) is 23.7 Å². The summed E-state index contributed by atoms with van der Waals surface area (Å²) in [5.41, 5.74) is 1.56. The quantitative estimate of drug-likeness (QED) is 0.619. The molecule has 4 unspecified atom stereocenters. The molecule has 1 saturated heterocycles. The SMILES string of the molecule is O=C(CC1CC2CC(Cc3nc(-c4c[nH]c5ncc(F)cc45)ncc3F)C1C2)N1CCCC1. The van der Waals surface area contributed by atoms with Crippen molar-refractivity contribution in [3.8, 4) is 11.4 Å². The number of hydrogen-bond donors (Lipinski definition) is 1. The Morgan fingerprint density at radius 3 is 2.73 bits per heavy atom. The Labute approximate surface area is 190 Å². The Morgan fingerprint density at radius 1 is 1.09 bits per heavy atom. The average Bonchev–Trinajstić information content (AvgIpc) is 3.59. The minimum Gasteiger partial charge on any atom is -0.345 e. The molecule has 8 heteroatoms. The van der Waals surface area contributed by atoms with Gasteiger partial charge in [0.25, 0.3) is 0 Å². The lowest BCUT2D eigenvalue weighted by Crippen LogP contribution is -2.32. The van der Waals surface area contributed by atoms with E-state index < -0.39 is 11.6 Å². The van der Waals surface area contributed by atoms with Crippen molar-refractivity contribution in [3.63, 3.8) is 0 Å². The largest absolute Gasteiger partial charge is 0.345 e. The lowest BCUT2D eigenvalue weighted by molar-refractivity contribution is -0.131. The number of nitrogens with zero attached hydrogens (tertiary/aromatic N) is 4. The Bertz CT molecular complexity index is 1200. The lowest BCUT2D eigenvalue weighted by Gasteiger charge is -2.30. The Hall–Kier alpha value is -2.90. The summed E-state index contributed by atoms with van der Waals surface area (Å²) < 4.78 is 28.5. The summed E-state index contributed by atoms with van der Waals surface area (Å²) in [4.78, 5) is 30.5. The summed E-state index contributed by atoms with van der Waals surface area (Å²) in [6.45, 7) is 1.79. The van der Waals surface area contributed by atoms with Crippen LogP contribution in [0.5, 0.6) is 0 Å². The minimum atomic E-state index is -0.442. The second-order valence-corrected chi connectivity index (χ2v) is 9.99. The second kappa shape index (κ2) is 8.15. The number of halogens is 2. The highest BCUT2D eigenvalue weighted by Gasteiger charge is 2.47. The summed E-state index contributed by atoms with van der Waals surface area (Å²) in [6.07, 6.45) is 10.8. The van der Waals surface area contributed by atoms with E-state index >= 15 is 0 Å². The van der Waals surface area contributed by atoms with Crippen LogP contribution in [0.15, 0.2) is 24.7 Å². The lowest BCUT2D eigenvalue weighted by atomic mass is 9.77. The number of carbonyl (C=O) groups is 1. The van der Waals surface area contributed by atoms with E-state index in [0.29, 0.717) is 70.5 Å². The number of nitrogens with one attached hydrogen (secondary N) is 1. The Balaban J connectivity index is 1.21. The standard InChI is InChI=1S/C25H27F2N5O/c26-17-10-19-20(12-29-24(19)28-11-17)25-30-13-21(27)22(31-25)8-15-5-14-6-16(18(15)7-14)9-23(33)32-3-1-2-4-32/h10-16,18H,1-9H2,(H,28,29). The number of rotatable bonds is 5. The molecule has 0 spiro atoms. The molecule has 3 aliphatic rings. The van der Waals surface area contributed by atoms with Crippen LogP contribution in [0.3, 0.4) is 0 Å². The fourth-order valence-corrected chi connectivity index (χ4v) is 6.53. The number of pyridine rings is 1. The molecular formula is C25H27F2N5O. The van der Waals surface area contributed by atoms with Crippen molar-refractivity contribution in [2.24, 2.45) is 23.7 Å². The molecule has 6 nitrogen and oxygen atoms in total. The van der Waals surface area contributed by atoms with Crippen LogP contribution < -0.4 is 0 Å². The van der Waals surface area contributed by atoms with Gasteiger partial charge < -0.3 is 9.88 Å². The molecule has 4 atom stereocenters. The molecule has 3 fully saturated rings. The van der Waals surface area contributed by atoms with Gasteiger partial charge >= 0.3 is 0 Å². The number of hydrogen-bond acceptors (Lipinski definition) is 4. The third kappa shape index (κ3) is 3.79. The van der Waals surface area contributed by atoms with E-state index in [4.69, 9.17) is 0 Å². The van der Waals surface area contributed by atoms with Crippen LogP contribution in [0.4, 0.5) is 8.78 Å². The zero-order valence-corrected chi connectivity index (χ0v) is 18.4. The van der Waals surface area contributed by atoms with E-state index in [1.165, 1.54) is 12.3 Å². The molecule has 3 aromatic heterocycles. The highest BCUT2D eigenvalue weighted by molar-refractivity contribution is 5.91. The van der Waals surface area contributed by atoms with Gasteiger partial charge in [0, 0.05) is 36.7 Å². The molecule has 33 heavy (non-hydrogen) atoms. The first-order chi connectivity index (χ1) is 16.0. The maximum absolute atomic E-state index is 14.7. The average molecular weight is 452 g/mol. The molecule has 172 valence electrons. The van der Waals surface area contributed by atoms with Gasteiger partial charge in [0.1, 0.15) is 11.5 Å². The van der Waals surface area contributed by atoms with E-state index in [0.717, 1.165) is 51.4 Å². The first-order valence-electron chi connectivity index (χ1n) is 12.0. The smallest absolute Gasteiger partial charge is 0.222 e. The van der Waals surface area contributed by atoms with E-state index in [9.17, 15) is 13.6 Å². The Morgan fingerprint density at radius 2 is 1.91 bits per heavy atom. The number of fused-ring (bicyclic) bond motifs is 3. The molecule has 3 aromatic rings. The van der Waals surface area contributed by atoms with Crippen LogP contribution in [0, 0.1) is 35.3 Å². The van der Waals surface area contributed by atoms with Gasteiger partial charge in [0.05, 0.1) is 18.1 Å². The van der Waals surface area contributed by atoms with Gasteiger partial charge in [-0.1, -0.05) is 0 Å². The van der Waals surface area contributed by atoms with Gasteiger partial charge in [-0.15, -0.1) is 0 Å². The van der Waals surface area contributed by atoms with Gasteiger partial charge in [0.15, 0.2) is 11.6 Å². The number of H-pyrrole nitrogens is 1. The van der Waals surface area contributed by atoms with Crippen LogP contribution in [0.1, 0.15) is 44.2 Å². The summed E-state index contributed by atoms with van der Waals surface area (Å²) in [7, 11) is 0. The predicted octanol–water partition coefficient (Wildman–Crippen LogP) is 4.52. The number of aromatic nitrogens is 4. The van der Waals surface area contributed by atoms with Crippen molar-refractivity contribution in [2.75, 3.05) is 13.1 Å². The fourth-order valence-electron chi connectivity index (χ4n) is 6.53. The third-order valence-electron chi connectivity index (χ3n) is 8.00. The first kappa shape index (κ1) is 20.7. The van der Waals surface area contributed by atoms with Gasteiger partial charge in [0.2, 0.25) is 5.91 Å². The fraction of sp³-hybridized carbons (Fsp3) is 0.520. The normalized spacial score (nSPS) is 26.5. The number of likely N-dealkylation sites (tertiary alicyclic amines) is 1. The van der Waals surface area contributed by atoms with Crippen molar-refractivity contribution in [3.05, 3.63) is 42.0 Å². The van der Waals surface area contributed by atoms with Crippen molar-refractivity contribution >= 4 is 16.9 Å². The van der Waals surface area contributed by atoms with E-state index in [-0.39, 0.29) is 0 Å². The third-order valence-corrected chi connectivity index (χ3v) is 8.00. The molecule has 2 saturated carbocycles. The van der Waals surface area contributed by atoms with Gasteiger partial charge in [-0.3, -0.25) is 4.79 Å². The zero-order valence-electron chi connectivity index (χ0n) is 18.4. The highest BCUT2D eigenvalue weighted by Crippen LogP contribution is 2.54. The molecule has 4 heterocycles. The van der Waals surface area contributed by atoms with Crippen LogP contribution in [0.2, 0.25) is 0 Å². The Kier molecular flexibility index (Phi) is 5.11. The molecule has 1 aliphatic heterocycles. The van der Waals surface area contributed by atoms with Crippen LogP contribution in [-0.4, -0.2) is 43.8 Å². The van der Waals surface area contributed by atoms with E-state index in [1.54, 1.807) is 6.20 Å². The zero-order chi connectivity index (χ0) is 22.5. The summed E-state index contributed by atoms with van der Waals surface area (Å²) in [5.74, 6) is 1.62. The minimum absolute atomic E-state index is 0.291.